The monoisotopic (exact) mass is 267 g/mol. The van der Waals surface area contributed by atoms with E-state index in [2.05, 4.69) is 0 Å². The summed E-state index contributed by atoms with van der Waals surface area (Å²) >= 11 is 0. The number of rotatable bonds is 5. The molecule has 2 saturated carbocycles. The summed E-state index contributed by atoms with van der Waals surface area (Å²) in [7, 11) is -3.63. The Balaban J connectivity index is 1.87. The van der Waals surface area contributed by atoms with Crippen molar-refractivity contribution < 1.29 is 22.0 Å². The number of hydrogen-bond acceptors (Lipinski definition) is 3. The number of halogens is 2. The first-order chi connectivity index (χ1) is 7.75. The second-order valence-corrected chi connectivity index (χ2v) is 7.35. The Morgan fingerprint density at radius 2 is 2.06 bits per heavy atom. The number of nitrogens with one attached hydrogen (secondary N) is 1. The van der Waals surface area contributed by atoms with E-state index >= 15 is 0 Å². The van der Waals surface area contributed by atoms with Gasteiger partial charge in [-0.25, -0.2) is 17.2 Å². The molecule has 98 valence electrons. The molecular weight excluding hydrogens is 252 g/mol. The van der Waals surface area contributed by atoms with Crippen LogP contribution in [-0.2, 0) is 14.8 Å². The van der Waals surface area contributed by atoms with Crippen molar-refractivity contribution in [2.24, 2.45) is 11.8 Å². The lowest BCUT2D eigenvalue weighted by molar-refractivity contribution is -0.120. The van der Waals surface area contributed by atoms with E-state index in [9.17, 15) is 22.0 Å². The van der Waals surface area contributed by atoms with Crippen LogP contribution in [0.4, 0.5) is 8.78 Å². The van der Waals surface area contributed by atoms with Gasteiger partial charge in [0.1, 0.15) is 0 Å². The van der Waals surface area contributed by atoms with Crippen molar-refractivity contribution in [3.05, 3.63) is 0 Å². The average Bonchev–Trinajstić information content (AvgIpc) is 3.02. The highest BCUT2D eigenvalue weighted by Crippen LogP contribution is 2.45. The van der Waals surface area contributed by atoms with Crippen molar-refractivity contribution in [1.29, 1.82) is 0 Å². The van der Waals surface area contributed by atoms with Crippen molar-refractivity contribution in [3.8, 4) is 0 Å². The lowest BCUT2D eigenvalue weighted by atomic mass is 10.2. The zero-order valence-electron chi connectivity index (χ0n) is 9.45. The average molecular weight is 267 g/mol. The summed E-state index contributed by atoms with van der Waals surface area (Å²) in [6.45, 7) is 1.58. The first-order valence-corrected chi connectivity index (χ1v) is 7.08. The lowest BCUT2D eigenvalue weighted by Crippen LogP contribution is -2.39. The van der Waals surface area contributed by atoms with Crippen molar-refractivity contribution in [1.82, 2.24) is 4.72 Å². The van der Waals surface area contributed by atoms with Crippen molar-refractivity contribution >= 4 is 15.9 Å². The summed E-state index contributed by atoms with van der Waals surface area (Å²) < 4.78 is 48.7. The third-order valence-corrected chi connectivity index (χ3v) is 5.75. The second-order valence-electron chi connectivity index (χ2n) is 5.15. The van der Waals surface area contributed by atoms with E-state index < -0.39 is 33.0 Å². The number of sulfonamides is 1. The summed E-state index contributed by atoms with van der Waals surface area (Å²) in [4.78, 5) is 11.6. The van der Waals surface area contributed by atoms with Crippen LogP contribution in [0.5, 0.6) is 0 Å². The fraction of sp³-hybridized carbons (Fsp3) is 0.900. The zero-order valence-corrected chi connectivity index (χ0v) is 10.3. The minimum absolute atomic E-state index is 0.324. The van der Waals surface area contributed by atoms with Gasteiger partial charge in [0, 0.05) is 12.3 Å². The van der Waals surface area contributed by atoms with Gasteiger partial charge >= 0.3 is 0 Å². The van der Waals surface area contributed by atoms with Crippen molar-refractivity contribution in [3.63, 3.8) is 0 Å². The molecule has 1 amide bonds. The fourth-order valence-corrected chi connectivity index (χ4v) is 3.14. The summed E-state index contributed by atoms with van der Waals surface area (Å²) in [6.07, 6.45) is -1.31. The predicted molar refractivity (Wildman–Crippen MR) is 56.9 cm³/mol. The van der Waals surface area contributed by atoms with Crippen LogP contribution in [-0.4, -0.2) is 25.5 Å². The van der Waals surface area contributed by atoms with Crippen LogP contribution >= 0.6 is 0 Å². The van der Waals surface area contributed by atoms with Crippen LogP contribution in [0.3, 0.4) is 0 Å². The molecule has 0 saturated heterocycles. The molecule has 2 unspecified atom stereocenters. The summed E-state index contributed by atoms with van der Waals surface area (Å²) in [5.74, 6) is -1.54. The van der Waals surface area contributed by atoms with Crippen LogP contribution in [0.1, 0.15) is 32.6 Å². The molecule has 2 rings (SSSR count). The quantitative estimate of drug-likeness (QED) is 0.816. The Labute approximate surface area is 98.8 Å². The highest BCUT2D eigenvalue weighted by atomic mass is 32.2. The number of amides is 1. The van der Waals surface area contributed by atoms with Gasteiger partial charge in [0.2, 0.25) is 22.4 Å². The first-order valence-electron chi connectivity index (χ1n) is 5.59. The van der Waals surface area contributed by atoms with Crippen LogP contribution in [0.15, 0.2) is 0 Å². The number of alkyl halides is 2. The molecule has 0 bridgehead atoms. The van der Waals surface area contributed by atoms with Gasteiger partial charge in [-0.3, -0.25) is 9.52 Å². The molecule has 0 spiro atoms. The lowest BCUT2D eigenvalue weighted by Gasteiger charge is -2.11. The molecule has 2 atom stereocenters. The Kier molecular flexibility index (Phi) is 2.92. The van der Waals surface area contributed by atoms with Gasteiger partial charge in [-0.1, -0.05) is 0 Å². The highest BCUT2D eigenvalue weighted by molar-refractivity contribution is 7.91. The molecule has 17 heavy (non-hydrogen) atoms. The van der Waals surface area contributed by atoms with E-state index in [4.69, 9.17) is 0 Å². The standard InChI is InChI=1S/C10H15F2NO3S/c1-10(2-3-10)17(15,16)13-9(14)7-4-6(7)5-8(11)12/h6-8H,2-5H2,1H3,(H,13,14). The Morgan fingerprint density at radius 3 is 2.53 bits per heavy atom. The molecule has 7 heteroatoms. The third kappa shape index (κ3) is 2.59. The molecule has 0 radical (unpaired) electrons. The van der Waals surface area contributed by atoms with Gasteiger partial charge < -0.3 is 0 Å². The largest absolute Gasteiger partial charge is 0.274 e. The number of carbonyl (C=O) groups is 1. The second kappa shape index (κ2) is 3.90. The first kappa shape index (κ1) is 12.7. The minimum atomic E-state index is -3.63. The fourth-order valence-electron chi connectivity index (χ4n) is 1.83. The molecule has 0 aromatic rings. The smallest absolute Gasteiger partial charge is 0.240 e. The molecule has 0 heterocycles. The number of carbonyl (C=O) groups excluding carboxylic acids is 1. The number of hydrogen-bond donors (Lipinski definition) is 1. The Hall–Kier alpha value is -0.720. The molecule has 2 fully saturated rings. The van der Waals surface area contributed by atoms with Crippen LogP contribution in [0.2, 0.25) is 0 Å². The van der Waals surface area contributed by atoms with Crippen LogP contribution < -0.4 is 4.72 Å². The maximum atomic E-state index is 12.0. The molecule has 0 aliphatic heterocycles. The van der Waals surface area contributed by atoms with E-state index in [1.54, 1.807) is 6.92 Å². The normalized spacial score (nSPS) is 30.1. The molecule has 2 aliphatic carbocycles. The predicted octanol–water partition coefficient (Wildman–Crippen LogP) is 1.28. The van der Waals surface area contributed by atoms with Crippen LogP contribution in [0, 0.1) is 11.8 Å². The Bertz CT molecular complexity index is 431. The zero-order chi connectivity index (χ0) is 12.8. The van der Waals surface area contributed by atoms with E-state index in [1.807, 2.05) is 4.72 Å². The van der Waals surface area contributed by atoms with E-state index in [0.717, 1.165) is 0 Å². The van der Waals surface area contributed by atoms with Crippen LogP contribution in [0.25, 0.3) is 0 Å². The maximum Gasteiger partial charge on any atom is 0.240 e. The van der Waals surface area contributed by atoms with Gasteiger partial charge in [0.15, 0.2) is 0 Å². The van der Waals surface area contributed by atoms with Crippen molar-refractivity contribution in [2.45, 2.75) is 43.8 Å². The topological polar surface area (TPSA) is 63.2 Å². The van der Waals surface area contributed by atoms with Gasteiger partial charge in [-0.2, -0.15) is 0 Å². The summed E-state index contributed by atoms with van der Waals surface area (Å²) in [5, 5.41) is 0. The molecule has 2 aliphatic rings. The molecule has 0 aromatic carbocycles. The Morgan fingerprint density at radius 1 is 1.47 bits per heavy atom. The summed E-state index contributed by atoms with van der Waals surface area (Å²) in [6, 6.07) is 0. The molecule has 0 aromatic heterocycles. The third-order valence-electron chi connectivity index (χ3n) is 3.58. The van der Waals surface area contributed by atoms with E-state index in [0.29, 0.717) is 19.3 Å². The maximum absolute atomic E-state index is 12.0. The minimum Gasteiger partial charge on any atom is -0.274 e. The highest BCUT2D eigenvalue weighted by Gasteiger charge is 2.53. The van der Waals surface area contributed by atoms with Gasteiger partial charge in [0.05, 0.1) is 4.75 Å². The molecular formula is C10H15F2NO3S. The van der Waals surface area contributed by atoms with E-state index in [-0.39, 0.29) is 12.3 Å². The van der Waals surface area contributed by atoms with Gasteiger partial charge in [0.25, 0.3) is 0 Å². The molecule has 1 N–H and O–H groups in total. The van der Waals surface area contributed by atoms with Crippen molar-refractivity contribution in [2.75, 3.05) is 0 Å². The van der Waals surface area contributed by atoms with E-state index in [1.165, 1.54) is 0 Å². The van der Waals surface area contributed by atoms with Gasteiger partial charge in [-0.05, 0) is 32.1 Å². The summed E-state index contributed by atoms with van der Waals surface area (Å²) in [5.41, 5.74) is 0. The SMILES string of the molecule is CC1(S(=O)(=O)NC(=O)C2CC2CC(F)F)CC1. The molecule has 4 nitrogen and oxygen atoms in total. The van der Waals surface area contributed by atoms with Gasteiger partial charge in [-0.15, -0.1) is 0 Å².